The second-order valence-electron chi connectivity index (χ2n) is 4.71. The van der Waals surface area contributed by atoms with Gasteiger partial charge in [-0.05, 0) is 33.7 Å². The van der Waals surface area contributed by atoms with Crippen LogP contribution < -0.4 is 0 Å². The summed E-state index contributed by atoms with van der Waals surface area (Å²) >= 11 is 0. The zero-order valence-corrected chi connectivity index (χ0v) is 9.96. The molecule has 0 amide bonds. The van der Waals surface area contributed by atoms with Gasteiger partial charge in [-0.25, -0.2) is 0 Å². The van der Waals surface area contributed by atoms with E-state index in [4.69, 9.17) is 4.74 Å². The predicted molar refractivity (Wildman–Crippen MR) is 60.6 cm³/mol. The smallest absolute Gasteiger partial charge is 0.0597 e. The first-order valence-corrected chi connectivity index (χ1v) is 6.02. The van der Waals surface area contributed by atoms with Crippen LogP contribution in [-0.2, 0) is 4.74 Å². The summed E-state index contributed by atoms with van der Waals surface area (Å²) in [6.45, 7) is 6.41. The van der Waals surface area contributed by atoms with Crippen LogP contribution in [0.25, 0.3) is 0 Å². The topological polar surface area (TPSA) is 12.5 Å². The van der Waals surface area contributed by atoms with Crippen molar-refractivity contribution in [3.63, 3.8) is 0 Å². The van der Waals surface area contributed by atoms with Crippen LogP contribution in [0.5, 0.6) is 0 Å². The van der Waals surface area contributed by atoms with Crippen LogP contribution in [0.4, 0.5) is 0 Å². The molecule has 0 unspecified atom stereocenters. The summed E-state index contributed by atoms with van der Waals surface area (Å²) in [5.74, 6) is 0. The summed E-state index contributed by atoms with van der Waals surface area (Å²) in [6, 6.07) is 0.630. The molecular weight excluding hydrogens is 174 g/mol. The fraction of sp³-hybridized carbons (Fsp3) is 1.00. The van der Waals surface area contributed by atoms with Gasteiger partial charge >= 0.3 is 0 Å². The van der Waals surface area contributed by atoms with Crippen LogP contribution in [-0.4, -0.2) is 37.2 Å². The number of hydrogen-bond acceptors (Lipinski definition) is 2. The fourth-order valence-corrected chi connectivity index (χ4v) is 1.85. The Labute approximate surface area is 88.6 Å². The molecule has 0 aromatic carbocycles. The molecule has 0 radical (unpaired) electrons. The fourth-order valence-electron chi connectivity index (χ4n) is 1.85. The molecule has 0 saturated heterocycles. The maximum Gasteiger partial charge on any atom is 0.0597 e. The van der Waals surface area contributed by atoms with E-state index in [9.17, 15) is 0 Å². The molecule has 84 valence electrons. The van der Waals surface area contributed by atoms with Gasteiger partial charge in [0.05, 0.1) is 12.7 Å². The largest absolute Gasteiger partial charge is 0.377 e. The molecule has 0 atom stereocenters. The van der Waals surface area contributed by atoms with Crippen LogP contribution >= 0.6 is 0 Å². The molecule has 1 rings (SSSR count). The van der Waals surface area contributed by atoms with E-state index in [1.54, 1.807) is 0 Å². The third-order valence-electron chi connectivity index (χ3n) is 3.23. The van der Waals surface area contributed by atoms with Gasteiger partial charge in [-0.3, -0.25) is 0 Å². The SMILES string of the molecule is CC(C)N(C)CCOC1CCCCC1. The molecule has 0 heterocycles. The van der Waals surface area contributed by atoms with Crippen LogP contribution in [0, 0.1) is 0 Å². The second kappa shape index (κ2) is 6.41. The van der Waals surface area contributed by atoms with Gasteiger partial charge in [0.1, 0.15) is 0 Å². The minimum Gasteiger partial charge on any atom is -0.377 e. The number of likely N-dealkylation sites (N-methyl/N-ethyl adjacent to an activating group) is 1. The molecule has 14 heavy (non-hydrogen) atoms. The monoisotopic (exact) mass is 199 g/mol. The van der Waals surface area contributed by atoms with E-state index in [1.165, 1.54) is 32.1 Å². The van der Waals surface area contributed by atoms with Gasteiger partial charge in [-0.1, -0.05) is 19.3 Å². The summed E-state index contributed by atoms with van der Waals surface area (Å²) in [5.41, 5.74) is 0. The standard InChI is InChI=1S/C12H25NO/c1-11(2)13(3)9-10-14-12-7-5-4-6-8-12/h11-12H,4-10H2,1-3H3. The maximum atomic E-state index is 5.86. The molecule has 1 aliphatic rings. The number of hydrogen-bond donors (Lipinski definition) is 0. The van der Waals surface area contributed by atoms with E-state index >= 15 is 0 Å². The van der Waals surface area contributed by atoms with Crippen LogP contribution in [0.15, 0.2) is 0 Å². The van der Waals surface area contributed by atoms with Crippen molar-refractivity contribution in [3.05, 3.63) is 0 Å². The zero-order valence-electron chi connectivity index (χ0n) is 9.96. The normalized spacial score (nSPS) is 19.5. The Morgan fingerprint density at radius 1 is 1.21 bits per heavy atom. The molecule has 2 heteroatoms. The Morgan fingerprint density at radius 3 is 2.43 bits per heavy atom. The Morgan fingerprint density at radius 2 is 1.86 bits per heavy atom. The molecular formula is C12H25NO. The minimum absolute atomic E-state index is 0.560. The minimum atomic E-state index is 0.560. The summed E-state index contributed by atoms with van der Waals surface area (Å²) in [5, 5.41) is 0. The molecule has 2 nitrogen and oxygen atoms in total. The molecule has 0 aliphatic heterocycles. The van der Waals surface area contributed by atoms with Gasteiger partial charge in [0, 0.05) is 12.6 Å². The van der Waals surface area contributed by atoms with Crippen molar-refractivity contribution in [3.8, 4) is 0 Å². The van der Waals surface area contributed by atoms with Crippen molar-refractivity contribution < 1.29 is 4.74 Å². The quantitative estimate of drug-likeness (QED) is 0.675. The van der Waals surface area contributed by atoms with Crippen molar-refractivity contribution >= 4 is 0 Å². The van der Waals surface area contributed by atoms with Gasteiger partial charge in [0.2, 0.25) is 0 Å². The van der Waals surface area contributed by atoms with Crippen molar-refractivity contribution in [2.45, 2.75) is 58.1 Å². The van der Waals surface area contributed by atoms with Crippen LogP contribution in [0.1, 0.15) is 46.0 Å². The first-order valence-electron chi connectivity index (χ1n) is 6.02. The molecule has 1 fully saturated rings. The van der Waals surface area contributed by atoms with E-state index in [0.717, 1.165) is 13.2 Å². The summed E-state index contributed by atoms with van der Waals surface area (Å²) in [7, 11) is 2.16. The van der Waals surface area contributed by atoms with Crippen LogP contribution in [0.2, 0.25) is 0 Å². The van der Waals surface area contributed by atoms with Gasteiger partial charge < -0.3 is 9.64 Å². The Hall–Kier alpha value is -0.0800. The number of ether oxygens (including phenoxy) is 1. The lowest BCUT2D eigenvalue weighted by Gasteiger charge is -2.25. The Balaban J connectivity index is 2.02. The van der Waals surface area contributed by atoms with Crippen LogP contribution in [0.3, 0.4) is 0 Å². The number of nitrogens with zero attached hydrogens (tertiary/aromatic N) is 1. The maximum absolute atomic E-state index is 5.86. The lowest BCUT2D eigenvalue weighted by molar-refractivity contribution is 0.0160. The van der Waals surface area contributed by atoms with Gasteiger partial charge in [-0.2, -0.15) is 0 Å². The average Bonchev–Trinajstić information content (AvgIpc) is 2.19. The Bertz CT molecular complexity index is 141. The van der Waals surface area contributed by atoms with E-state index in [-0.39, 0.29) is 0 Å². The van der Waals surface area contributed by atoms with Crippen molar-refractivity contribution in [1.82, 2.24) is 4.90 Å². The third-order valence-corrected chi connectivity index (χ3v) is 3.23. The average molecular weight is 199 g/mol. The molecule has 0 N–H and O–H groups in total. The first kappa shape index (κ1) is 12.0. The summed E-state index contributed by atoms with van der Waals surface area (Å²) in [4.78, 5) is 2.34. The van der Waals surface area contributed by atoms with Crippen molar-refractivity contribution in [1.29, 1.82) is 0 Å². The summed E-state index contributed by atoms with van der Waals surface area (Å²) in [6.07, 6.45) is 7.27. The molecule has 0 aromatic rings. The lowest BCUT2D eigenvalue weighted by Crippen LogP contribution is -2.31. The summed E-state index contributed by atoms with van der Waals surface area (Å²) < 4.78 is 5.86. The third kappa shape index (κ3) is 4.43. The molecule has 0 bridgehead atoms. The van der Waals surface area contributed by atoms with E-state index in [0.29, 0.717) is 12.1 Å². The first-order chi connectivity index (χ1) is 6.70. The Kier molecular flexibility index (Phi) is 5.49. The van der Waals surface area contributed by atoms with Crippen molar-refractivity contribution in [2.75, 3.05) is 20.2 Å². The highest BCUT2D eigenvalue weighted by molar-refractivity contribution is 4.65. The highest BCUT2D eigenvalue weighted by atomic mass is 16.5. The van der Waals surface area contributed by atoms with E-state index < -0.39 is 0 Å². The highest BCUT2D eigenvalue weighted by Gasteiger charge is 2.13. The molecule has 1 aliphatic carbocycles. The van der Waals surface area contributed by atoms with Crippen molar-refractivity contribution in [2.24, 2.45) is 0 Å². The van der Waals surface area contributed by atoms with Gasteiger partial charge in [-0.15, -0.1) is 0 Å². The molecule has 1 saturated carbocycles. The molecule has 0 spiro atoms. The predicted octanol–water partition coefficient (Wildman–Crippen LogP) is 2.68. The molecule has 0 aromatic heterocycles. The lowest BCUT2D eigenvalue weighted by atomic mass is 9.98. The highest BCUT2D eigenvalue weighted by Crippen LogP contribution is 2.19. The number of rotatable bonds is 5. The van der Waals surface area contributed by atoms with Gasteiger partial charge in [0.25, 0.3) is 0 Å². The van der Waals surface area contributed by atoms with E-state index in [1.807, 2.05) is 0 Å². The second-order valence-corrected chi connectivity index (χ2v) is 4.71. The van der Waals surface area contributed by atoms with Gasteiger partial charge in [0.15, 0.2) is 0 Å². The zero-order chi connectivity index (χ0) is 10.4. The van der Waals surface area contributed by atoms with E-state index in [2.05, 4.69) is 25.8 Å².